The van der Waals surface area contributed by atoms with Crippen LogP contribution in [-0.2, 0) is 14.3 Å². The van der Waals surface area contributed by atoms with Crippen LogP contribution in [0.2, 0.25) is 0 Å². The molecule has 16 heavy (non-hydrogen) atoms. The molecule has 0 bridgehead atoms. The number of esters is 1. The second-order valence-corrected chi connectivity index (χ2v) is 4.09. The molecular weight excluding hydrogens is 206 g/mol. The van der Waals surface area contributed by atoms with Crippen molar-refractivity contribution >= 4 is 11.8 Å². The summed E-state index contributed by atoms with van der Waals surface area (Å²) in [6.07, 6.45) is 5.60. The summed E-state index contributed by atoms with van der Waals surface area (Å²) >= 11 is 0. The van der Waals surface area contributed by atoms with Gasteiger partial charge in [0.1, 0.15) is 11.8 Å². The number of nitrogens with two attached hydrogens (primary N) is 1. The molecule has 0 aliphatic heterocycles. The van der Waals surface area contributed by atoms with Gasteiger partial charge in [0, 0.05) is 6.42 Å². The van der Waals surface area contributed by atoms with Crippen LogP contribution in [0.4, 0.5) is 0 Å². The largest absolute Gasteiger partial charge is 0.465 e. The average Bonchev–Trinajstić information content (AvgIpc) is 2.21. The number of Topliss-reactive ketones (excluding diaryl/α,β-unsaturated/α-hetero) is 1. The Morgan fingerprint density at radius 2 is 1.81 bits per heavy atom. The topological polar surface area (TPSA) is 69.4 Å². The fourth-order valence-electron chi connectivity index (χ4n) is 1.38. The highest BCUT2D eigenvalue weighted by Crippen LogP contribution is 2.03. The number of rotatable bonds is 9. The lowest BCUT2D eigenvalue weighted by molar-refractivity contribution is -0.146. The molecule has 94 valence electrons. The predicted octanol–water partition coefficient (Wildman–Crippen LogP) is 1.81. The normalized spacial score (nSPS) is 12.2. The summed E-state index contributed by atoms with van der Waals surface area (Å²) in [5.41, 5.74) is 5.49. The molecule has 4 nitrogen and oxygen atoms in total. The molecule has 0 fully saturated rings. The molecule has 0 radical (unpaired) electrons. The summed E-state index contributed by atoms with van der Waals surface area (Å²) in [5, 5.41) is 0. The first-order chi connectivity index (χ1) is 7.57. The number of carbonyl (C=O) groups is 2. The number of unbranched alkanes of at least 4 members (excludes halogenated alkanes) is 4. The molecule has 2 N–H and O–H groups in total. The minimum absolute atomic E-state index is 0.0642. The van der Waals surface area contributed by atoms with Gasteiger partial charge in [-0.05, 0) is 13.3 Å². The van der Waals surface area contributed by atoms with Crippen LogP contribution >= 0.6 is 0 Å². The molecule has 1 atom stereocenters. The van der Waals surface area contributed by atoms with Crippen molar-refractivity contribution in [3.8, 4) is 0 Å². The summed E-state index contributed by atoms with van der Waals surface area (Å²) in [6.45, 7) is 3.98. The summed E-state index contributed by atoms with van der Waals surface area (Å²) in [4.78, 5) is 22.0. The molecule has 0 spiro atoms. The van der Waals surface area contributed by atoms with Crippen molar-refractivity contribution in [2.75, 3.05) is 6.61 Å². The maximum atomic E-state index is 11.3. The maximum absolute atomic E-state index is 11.3. The van der Waals surface area contributed by atoms with Crippen molar-refractivity contribution in [3.63, 3.8) is 0 Å². The first kappa shape index (κ1) is 15.1. The van der Waals surface area contributed by atoms with Gasteiger partial charge in [-0.2, -0.15) is 0 Å². The van der Waals surface area contributed by atoms with Crippen molar-refractivity contribution in [2.24, 2.45) is 5.73 Å². The number of ketones is 1. The van der Waals surface area contributed by atoms with Gasteiger partial charge in [0.2, 0.25) is 0 Å². The van der Waals surface area contributed by atoms with E-state index in [1.165, 1.54) is 26.2 Å². The van der Waals surface area contributed by atoms with Gasteiger partial charge in [-0.15, -0.1) is 0 Å². The molecule has 0 rings (SSSR count). The zero-order valence-corrected chi connectivity index (χ0v) is 10.3. The quantitative estimate of drug-likeness (QED) is 0.483. The Kier molecular flexibility index (Phi) is 8.81. The van der Waals surface area contributed by atoms with Crippen molar-refractivity contribution in [1.29, 1.82) is 0 Å². The molecule has 1 unspecified atom stereocenters. The van der Waals surface area contributed by atoms with Crippen molar-refractivity contribution < 1.29 is 14.3 Å². The molecule has 4 heteroatoms. The molecule has 0 aliphatic rings. The Hall–Kier alpha value is -0.900. The molecule has 0 saturated carbocycles. The van der Waals surface area contributed by atoms with E-state index in [9.17, 15) is 9.59 Å². The lowest BCUT2D eigenvalue weighted by Gasteiger charge is -2.09. The van der Waals surface area contributed by atoms with Crippen LogP contribution in [-0.4, -0.2) is 24.4 Å². The number of ether oxygens (including phenoxy) is 1. The van der Waals surface area contributed by atoms with Crippen LogP contribution in [0, 0.1) is 0 Å². The third-order valence-electron chi connectivity index (χ3n) is 2.30. The van der Waals surface area contributed by atoms with Crippen LogP contribution in [0.1, 0.15) is 52.4 Å². The van der Waals surface area contributed by atoms with Gasteiger partial charge in [0.15, 0.2) is 0 Å². The van der Waals surface area contributed by atoms with Crippen LogP contribution in [0.5, 0.6) is 0 Å². The van der Waals surface area contributed by atoms with E-state index in [1.807, 2.05) is 0 Å². The minimum atomic E-state index is -0.798. The molecule has 0 aromatic carbocycles. The molecule has 0 aliphatic carbocycles. The van der Waals surface area contributed by atoms with Gasteiger partial charge in [-0.25, -0.2) is 0 Å². The number of carbonyl (C=O) groups excluding carboxylic acids is 2. The Morgan fingerprint density at radius 1 is 1.19 bits per heavy atom. The lowest BCUT2D eigenvalue weighted by Crippen LogP contribution is -2.34. The molecule has 0 amide bonds. The zero-order chi connectivity index (χ0) is 12.4. The van der Waals surface area contributed by atoms with E-state index in [2.05, 4.69) is 6.92 Å². The van der Waals surface area contributed by atoms with Gasteiger partial charge in [-0.1, -0.05) is 32.6 Å². The highest BCUT2D eigenvalue weighted by Gasteiger charge is 2.16. The summed E-state index contributed by atoms with van der Waals surface area (Å²) in [7, 11) is 0. The fraction of sp³-hybridized carbons (Fsp3) is 0.833. The van der Waals surface area contributed by atoms with Crippen LogP contribution in [0.25, 0.3) is 0 Å². The molecule has 0 saturated heterocycles. The van der Waals surface area contributed by atoms with Gasteiger partial charge in [-0.3, -0.25) is 9.59 Å². The van der Waals surface area contributed by atoms with E-state index in [-0.39, 0.29) is 12.2 Å². The van der Waals surface area contributed by atoms with Gasteiger partial charge < -0.3 is 10.5 Å². The van der Waals surface area contributed by atoms with Crippen molar-refractivity contribution in [2.45, 2.75) is 58.4 Å². The van der Waals surface area contributed by atoms with E-state index < -0.39 is 12.0 Å². The van der Waals surface area contributed by atoms with Gasteiger partial charge in [0.05, 0.1) is 6.61 Å². The highest BCUT2D eigenvalue weighted by atomic mass is 16.5. The second-order valence-electron chi connectivity index (χ2n) is 4.09. The Balaban J connectivity index is 3.46. The summed E-state index contributed by atoms with van der Waals surface area (Å²) in [6, 6.07) is -0.798. The summed E-state index contributed by atoms with van der Waals surface area (Å²) in [5.74, 6) is -0.557. The molecular formula is C12H23NO3. The van der Waals surface area contributed by atoms with Crippen LogP contribution in [0.3, 0.4) is 0 Å². The van der Waals surface area contributed by atoms with Gasteiger partial charge >= 0.3 is 5.97 Å². The van der Waals surface area contributed by atoms with Crippen LogP contribution < -0.4 is 5.73 Å². The lowest BCUT2D eigenvalue weighted by atomic mass is 10.1. The summed E-state index contributed by atoms with van der Waals surface area (Å²) < 4.78 is 4.97. The van der Waals surface area contributed by atoms with E-state index >= 15 is 0 Å². The first-order valence-corrected chi connectivity index (χ1v) is 5.99. The van der Waals surface area contributed by atoms with Crippen molar-refractivity contribution in [1.82, 2.24) is 0 Å². The standard InChI is InChI=1S/C12H23NO3/c1-3-4-5-6-7-8-16-12(15)11(13)9-10(2)14/h11H,3-9,13H2,1-2H3. The Morgan fingerprint density at radius 3 is 2.38 bits per heavy atom. The Bertz CT molecular complexity index is 216. The smallest absolute Gasteiger partial charge is 0.323 e. The van der Waals surface area contributed by atoms with E-state index in [0.29, 0.717) is 6.61 Å². The van der Waals surface area contributed by atoms with Crippen LogP contribution in [0.15, 0.2) is 0 Å². The Labute approximate surface area is 97.5 Å². The molecule has 0 aromatic heterocycles. The molecule has 0 aromatic rings. The average molecular weight is 229 g/mol. The fourth-order valence-corrected chi connectivity index (χ4v) is 1.38. The molecule has 0 heterocycles. The monoisotopic (exact) mass is 229 g/mol. The van der Waals surface area contributed by atoms with E-state index in [1.54, 1.807) is 0 Å². The third kappa shape index (κ3) is 8.41. The second kappa shape index (κ2) is 9.33. The third-order valence-corrected chi connectivity index (χ3v) is 2.30. The van der Waals surface area contributed by atoms with E-state index in [0.717, 1.165) is 12.8 Å². The first-order valence-electron chi connectivity index (χ1n) is 5.99. The zero-order valence-electron chi connectivity index (χ0n) is 10.3. The highest BCUT2D eigenvalue weighted by molar-refractivity contribution is 5.84. The SMILES string of the molecule is CCCCCCCOC(=O)C(N)CC(C)=O. The van der Waals surface area contributed by atoms with Crippen molar-refractivity contribution in [3.05, 3.63) is 0 Å². The number of hydrogen-bond donors (Lipinski definition) is 1. The van der Waals surface area contributed by atoms with Gasteiger partial charge in [0.25, 0.3) is 0 Å². The maximum Gasteiger partial charge on any atom is 0.323 e. The van der Waals surface area contributed by atoms with E-state index in [4.69, 9.17) is 10.5 Å². The number of hydrogen-bond acceptors (Lipinski definition) is 4. The predicted molar refractivity (Wildman–Crippen MR) is 63.0 cm³/mol. The minimum Gasteiger partial charge on any atom is -0.465 e.